The van der Waals surface area contributed by atoms with E-state index < -0.39 is 0 Å². The summed E-state index contributed by atoms with van der Waals surface area (Å²) in [6.07, 6.45) is 0.826. The van der Waals surface area contributed by atoms with Crippen LogP contribution in [0.15, 0.2) is 58.4 Å². The maximum absolute atomic E-state index is 14.0. The summed E-state index contributed by atoms with van der Waals surface area (Å²) in [5, 5.41) is 0.981. The summed E-state index contributed by atoms with van der Waals surface area (Å²) in [6, 6.07) is 14.8. The smallest absolute Gasteiger partial charge is 0.305 e. The fraction of sp³-hybridized carbons (Fsp3) is 0.438. The van der Waals surface area contributed by atoms with Gasteiger partial charge in [0, 0.05) is 29.1 Å². The fourth-order valence-electron chi connectivity index (χ4n) is 8.20. The molecule has 10 nitrogen and oxygen atoms in total. The van der Waals surface area contributed by atoms with Crippen LogP contribution in [0.4, 0.5) is 5.69 Å². The highest BCUT2D eigenvalue weighted by Crippen LogP contribution is 2.68. The molecule has 7 atom stereocenters. The Bertz CT molecular complexity index is 1680. The number of nitrogens with one attached hydrogen (secondary N) is 1. The van der Waals surface area contributed by atoms with E-state index in [0.717, 1.165) is 21.9 Å². The largest absolute Gasteiger partial charge is 0.497 e. The first kappa shape index (κ1) is 27.9. The Kier molecular flexibility index (Phi) is 6.84. The molecule has 2 bridgehead atoms. The van der Waals surface area contributed by atoms with Gasteiger partial charge in [-0.05, 0) is 66.1 Å². The van der Waals surface area contributed by atoms with Gasteiger partial charge in [-0.25, -0.2) is 0 Å². The second-order valence-corrected chi connectivity index (χ2v) is 14.2. The van der Waals surface area contributed by atoms with Gasteiger partial charge in [-0.3, -0.25) is 24.1 Å². The summed E-state index contributed by atoms with van der Waals surface area (Å²) in [5.74, 6) is 0.325. The summed E-state index contributed by atoms with van der Waals surface area (Å²) < 4.78 is 16.4. The molecule has 2 aliphatic carbocycles. The molecule has 3 amide bonds. The lowest BCUT2D eigenvalue weighted by Gasteiger charge is -2.43. The van der Waals surface area contributed by atoms with Crippen LogP contribution < -0.4 is 19.2 Å². The van der Waals surface area contributed by atoms with Crippen LogP contribution in [0.3, 0.4) is 0 Å². The molecule has 1 N–H and O–H groups in total. The minimum atomic E-state index is -0.370. The third-order valence-electron chi connectivity index (χ3n) is 10.0. The minimum absolute atomic E-state index is 0.0274. The summed E-state index contributed by atoms with van der Waals surface area (Å²) in [7, 11) is 1.58. The van der Waals surface area contributed by atoms with Crippen molar-refractivity contribution in [3.05, 3.63) is 68.6 Å². The Hall–Kier alpha value is -3.61. The zero-order valence-electron chi connectivity index (χ0n) is 24.0. The number of carbonyl (C=O) groups excluding carboxylic acids is 3. The number of fused-ring (bicyclic) bond motifs is 9. The SMILES string of the molecule is COc1ccc(N2C(=O)C3C(C2=O)[C@@H]2C[C@H]3C3Sc4[nH]c(=O)sc4[C@H](c4ccc(OCC(=O)N5CCOCC5)cc4)C32)cc1. The first-order valence-corrected chi connectivity index (χ1v) is 16.6. The van der Waals surface area contributed by atoms with Crippen molar-refractivity contribution >= 4 is 46.5 Å². The molecule has 4 unspecified atom stereocenters. The number of thiazole rings is 1. The number of thioether (sulfide) groups is 1. The Morgan fingerprint density at radius 2 is 1.64 bits per heavy atom. The van der Waals surface area contributed by atoms with Crippen molar-refractivity contribution in [2.24, 2.45) is 29.6 Å². The number of anilines is 1. The number of methoxy groups -OCH3 is 1. The molecule has 5 aliphatic rings. The maximum Gasteiger partial charge on any atom is 0.305 e. The average molecular weight is 634 g/mol. The van der Waals surface area contributed by atoms with Gasteiger partial charge in [0.05, 0.1) is 42.9 Å². The molecule has 12 heteroatoms. The number of aromatic nitrogens is 1. The highest BCUT2D eigenvalue weighted by molar-refractivity contribution is 8.00. The van der Waals surface area contributed by atoms with Crippen molar-refractivity contribution < 1.29 is 28.6 Å². The molecule has 0 radical (unpaired) electrons. The van der Waals surface area contributed by atoms with Crippen LogP contribution >= 0.6 is 23.1 Å². The molecule has 4 heterocycles. The number of nitrogens with zero attached hydrogens (tertiary/aromatic N) is 2. The molecule has 2 aromatic carbocycles. The van der Waals surface area contributed by atoms with E-state index >= 15 is 0 Å². The van der Waals surface area contributed by atoms with Crippen molar-refractivity contribution in [1.29, 1.82) is 0 Å². The van der Waals surface area contributed by atoms with Crippen molar-refractivity contribution in [2.45, 2.75) is 22.6 Å². The standard InChI is InChI=1S/C32H31N3O7S2/c1-40-18-8-4-17(5-9-18)35-30(37)25-20-14-21(26(25)31(35)38)27-24(20)23(28-29(43-27)33-32(39)44-28)16-2-6-19(7-3-16)42-15-22(36)34-10-12-41-13-11-34/h2-9,20-21,23-27H,10-15H2,1H3,(H,33,39)/t20-,21-,23-,24?,25?,26?,27?/m1/s1. The van der Waals surface area contributed by atoms with Gasteiger partial charge in [0.2, 0.25) is 11.8 Å². The number of ether oxygens (including phenoxy) is 3. The first-order chi connectivity index (χ1) is 21.4. The number of amides is 3. The Labute approximate surface area is 261 Å². The summed E-state index contributed by atoms with van der Waals surface area (Å²) in [6.45, 7) is 2.18. The average Bonchev–Trinajstić information content (AvgIpc) is 3.79. The van der Waals surface area contributed by atoms with Crippen LogP contribution in [0, 0.1) is 29.6 Å². The number of hydrogen-bond acceptors (Lipinski definition) is 9. The predicted molar refractivity (Wildman–Crippen MR) is 163 cm³/mol. The van der Waals surface area contributed by atoms with Crippen molar-refractivity contribution in [3.8, 4) is 11.5 Å². The Morgan fingerprint density at radius 1 is 0.955 bits per heavy atom. The summed E-state index contributed by atoms with van der Waals surface area (Å²) in [4.78, 5) is 60.0. The number of morpholine rings is 1. The van der Waals surface area contributed by atoms with E-state index in [4.69, 9.17) is 14.2 Å². The molecule has 0 spiro atoms. The lowest BCUT2D eigenvalue weighted by Crippen LogP contribution is -2.43. The van der Waals surface area contributed by atoms with E-state index in [2.05, 4.69) is 4.98 Å². The van der Waals surface area contributed by atoms with Gasteiger partial charge in [-0.15, -0.1) is 11.8 Å². The fourth-order valence-corrected chi connectivity index (χ4v) is 11.1. The lowest BCUT2D eigenvalue weighted by atomic mass is 9.68. The van der Waals surface area contributed by atoms with E-state index in [1.807, 2.05) is 24.3 Å². The van der Waals surface area contributed by atoms with E-state index in [1.165, 1.54) is 16.2 Å². The second kappa shape index (κ2) is 10.8. The molecule has 3 aliphatic heterocycles. The van der Waals surface area contributed by atoms with Crippen molar-refractivity contribution in [1.82, 2.24) is 9.88 Å². The van der Waals surface area contributed by atoms with Crippen LogP contribution in [-0.2, 0) is 19.1 Å². The molecule has 2 saturated heterocycles. The van der Waals surface area contributed by atoms with Crippen molar-refractivity contribution in [2.75, 3.05) is 44.9 Å². The van der Waals surface area contributed by atoms with Crippen LogP contribution in [0.1, 0.15) is 22.8 Å². The topological polar surface area (TPSA) is 118 Å². The molecule has 3 aromatic rings. The van der Waals surface area contributed by atoms with Gasteiger partial charge in [0.15, 0.2) is 6.61 Å². The normalized spacial score (nSPS) is 30.2. The summed E-state index contributed by atoms with van der Waals surface area (Å²) in [5.41, 5.74) is 1.62. The van der Waals surface area contributed by atoms with Gasteiger partial charge >= 0.3 is 4.87 Å². The monoisotopic (exact) mass is 633 g/mol. The van der Waals surface area contributed by atoms with Crippen LogP contribution in [-0.4, -0.2) is 72.9 Å². The predicted octanol–water partition coefficient (Wildman–Crippen LogP) is 3.36. The second-order valence-electron chi connectivity index (χ2n) is 12.0. The van der Waals surface area contributed by atoms with E-state index in [1.54, 1.807) is 48.0 Å². The van der Waals surface area contributed by atoms with Crippen LogP contribution in [0.25, 0.3) is 0 Å². The third kappa shape index (κ3) is 4.33. The highest BCUT2D eigenvalue weighted by atomic mass is 32.2. The van der Waals surface area contributed by atoms with E-state index in [9.17, 15) is 19.2 Å². The summed E-state index contributed by atoms with van der Waals surface area (Å²) >= 11 is 2.91. The number of rotatable bonds is 6. The zero-order chi connectivity index (χ0) is 30.1. The molecular weight excluding hydrogens is 603 g/mol. The first-order valence-electron chi connectivity index (χ1n) is 14.9. The quantitative estimate of drug-likeness (QED) is 0.411. The Balaban J connectivity index is 1.07. The molecule has 4 fully saturated rings. The third-order valence-corrected chi connectivity index (χ3v) is 12.6. The maximum atomic E-state index is 14.0. The molecule has 228 valence electrons. The van der Waals surface area contributed by atoms with Gasteiger partial charge in [-0.1, -0.05) is 23.5 Å². The number of H-pyrrole nitrogens is 1. The Morgan fingerprint density at radius 3 is 2.34 bits per heavy atom. The van der Waals surface area contributed by atoms with Crippen molar-refractivity contribution in [3.63, 3.8) is 0 Å². The van der Waals surface area contributed by atoms with E-state index in [0.29, 0.717) is 43.5 Å². The number of carbonyl (C=O) groups is 3. The number of aromatic amines is 1. The molecule has 2 saturated carbocycles. The van der Waals surface area contributed by atoms with Gasteiger partial charge in [0.1, 0.15) is 11.5 Å². The lowest BCUT2D eigenvalue weighted by molar-refractivity contribution is -0.137. The highest BCUT2D eigenvalue weighted by Gasteiger charge is 2.69. The van der Waals surface area contributed by atoms with Crippen LogP contribution in [0.2, 0.25) is 0 Å². The van der Waals surface area contributed by atoms with Gasteiger partial charge in [0.25, 0.3) is 5.91 Å². The van der Waals surface area contributed by atoms with Crippen LogP contribution in [0.5, 0.6) is 11.5 Å². The number of hydrogen-bond donors (Lipinski definition) is 1. The molecular formula is C32H31N3O7S2. The minimum Gasteiger partial charge on any atom is -0.497 e. The molecule has 1 aromatic heterocycles. The number of imide groups is 1. The van der Waals surface area contributed by atoms with Gasteiger partial charge < -0.3 is 24.1 Å². The van der Waals surface area contributed by atoms with E-state index in [-0.39, 0.29) is 70.0 Å². The molecule has 44 heavy (non-hydrogen) atoms. The zero-order valence-corrected chi connectivity index (χ0v) is 25.6. The number of benzene rings is 2. The van der Waals surface area contributed by atoms with Gasteiger partial charge in [-0.2, -0.15) is 0 Å². The molecule has 8 rings (SSSR count).